The molecule has 3 aromatic carbocycles. The number of aliphatic imine (C=N–C) groups is 2. The van der Waals surface area contributed by atoms with Crippen molar-refractivity contribution in [2.75, 3.05) is 39.8 Å². The molecule has 4 aromatic rings. The molecule has 264 valence electrons. The second-order valence-electron chi connectivity index (χ2n) is 12.7. The van der Waals surface area contributed by atoms with Crippen molar-refractivity contribution in [2.24, 2.45) is 9.98 Å². The maximum absolute atomic E-state index is 13.7. The fourth-order valence-corrected chi connectivity index (χ4v) is 7.60. The van der Waals surface area contributed by atoms with Crippen molar-refractivity contribution in [3.8, 4) is 23.0 Å². The number of methoxy groups -OCH3 is 2. The molecule has 8 rings (SSSR count). The van der Waals surface area contributed by atoms with Crippen LogP contribution in [0.2, 0.25) is 0 Å². The Morgan fingerprint density at radius 3 is 1.83 bits per heavy atom. The van der Waals surface area contributed by atoms with Crippen LogP contribution in [0.3, 0.4) is 0 Å². The molecule has 0 aliphatic carbocycles. The maximum atomic E-state index is 13.7. The van der Waals surface area contributed by atoms with Crippen molar-refractivity contribution >= 4 is 63.8 Å². The Bertz CT molecular complexity index is 2160. The number of ether oxygens (including phenoxy) is 4. The summed E-state index contributed by atoms with van der Waals surface area (Å²) in [4.78, 5) is 41.4. The fourth-order valence-electron chi connectivity index (χ4n) is 6.85. The third kappa shape index (κ3) is 6.19. The predicted octanol–water partition coefficient (Wildman–Crippen LogP) is 7.60. The van der Waals surface area contributed by atoms with E-state index in [1.807, 2.05) is 55.5 Å². The average Bonchev–Trinajstić information content (AvgIpc) is 3.93. The molecule has 0 saturated carbocycles. The number of benzene rings is 3. The van der Waals surface area contributed by atoms with Gasteiger partial charge in [0.05, 0.1) is 62.0 Å². The number of rotatable bonds is 11. The summed E-state index contributed by atoms with van der Waals surface area (Å²) in [5.74, 6) is 1.61. The molecule has 12 heteroatoms. The Kier molecular flexibility index (Phi) is 8.98. The smallest absolute Gasteiger partial charge is 0.260 e. The Morgan fingerprint density at radius 1 is 0.750 bits per heavy atom. The number of amides is 2. The normalized spacial score (nSPS) is 18.4. The van der Waals surface area contributed by atoms with E-state index in [1.165, 1.54) is 0 Å². The van der Waals surface area contributed by atoms with Gasteiger partial charge in [-0.25, -0.2) is 0 Å². The Balaban J connectivity index is 0.912. The summed E-state index contributed by atoms with van der Waals surface area (Å²) in [5, 5.41) is 5.17. The van der Waals surface area contributed by atoms with Gasteiger partial charge in [0.25, 0.3) is 11.8 Å². The minimum Gasteiger partial charge on any atom is -0.493 e. The van der Waals surface area contributed by atoms with Crippen LogP contribution in [0.5, 0.6) is 23.0 Å². The lowest BCUT2D eigenvalue weighted by Gasteiger charge is -2.19. The molecular weight excluding hydrogens is 679 g/mol. The van der Waals surface area contributed by atoms with Gasteiger partial charge in [0.15, 0.2) is 23.0 Å². The van der Waals surface area contributed by atoms with Gasteiger partial charge in [0.2, 0.25) is 0 Å². The highest BCUT2D eigenvalue weighted by Crippen LogP contribution is 2.42. The molecule has 11 nitrogen and oxygen atoms in total. The summed E-state index contributed by atoms with van der Waals surface area (Å²) in [6.45, 7) is 0.640. The summed E-state index contributed by atoms with van der Waals surface area (Å²) >= 11 is 1.66. The van der Waals surface area contributed by atoms with Crippen LogP contribution < -0.4 is 24.3 Å². The summed E-state index contributed by atoms with van der Waals surface area (Å²) in [7, 11) is 4.99. The van der Waals surface area contributed by atoms with Gasteiger partial charge < -0.3 is 34.1 Å². The SMILES string of the molecule is CNc1ccc(C2=CN3C(=O)c4cc(OC)c(OCCCOc5cc6c(cc5OC)C(=O)N5C=C(c7cccs7)CC5C=N6)cc4N=C[C@@H]3C2)cc1. The van der Waals surface area contributed by atoms with Crippen molar-refractivity contribution in [1.82, 2.24) is 9.80 Å². The lowest BCUT2D eigenvalue weighted by molar-refractivity contribution is 0.0809. The molecule has 1 unspecified atom stereocenters. The van der Waals surface area contributed by atoms with E-state index in [4.69, 9.17) is 23.9 Å². The lowest BCUT2D eigenvalue weighted by Crippen LogP contribution is -2.32. The number of hydrogen-bond acceptors (Lipinski definition) is 10. The number of carbonyl (C=O) groups is 2. The molecule has 0 fully saturated rings. The summed E-state index contributed by atoms with van der Waals surface area (Å²) in [5.41, 5.74) is 6.29. The van der Waals surface area contributed by atoms with Crippen molar-refractivity contribution in [3.05, 3.63) is 100 Å². The van der Waals surface area contributed by atoms with E-state index in [1.54, 1.807) is 59.6 Å². The van der Waals surface area contributed by atoms with Crippen LogP contribution >= 0.6 is 11.3 Å². The van der Waals surface area contributed by atoms with Crippen LogP contribution in [0, 0.1) is 0 Å². The molecule has 1 aromatic heterocycles. The van der Waals surface area contributed by atoms with Crippen LogP contribution in [-0.2, 0) is 0 Å². The number of fused-ring (bicyclic) bond motifs is 4. The van der Waals surface area contributed by atoms with Gasteiger partial charge in [0, 0.05) is 73.8 Å². The number of nitrogens with one attached hydrogen (secondary N) is 1. The van der Waals surface area contributed by atoms with E-state index < -0.39 is 0 Å². The number of nitrogens with zero attached hydrogens (tertiary/aromatic N) is 4. The van der Waals surface area contributed by atoms with Gasteiger partial charge >= 0.3 is 0 Å². The first kappa shape index (κ1) is 33.3. The highest BCUT2D eigenvalue weighted by molar-refractivity contribution is 7.11. The average molecular weight is 716 g/mol. The molecule has 0 radical (unpaired) electrons. The molecule has 0 saturated heterocycles. The molecule has 0 bridgehead atoms. The third-order valence-corrected chi connectivity index (χ3v) is 10.6. The first-order chi connectivity index (χ1) is 25.4. The van der Waals surface area contributed by atoms with Crippen LogP contribution in [0.25, 0.3) is 11.1 Å². The van der Waals surface area contributed by atoms with E-state index in [0.717, 1.165) is 27.3 Å². The van der Waals surface area contributed by atoms with Gasteiger partial charge in [-0.1, -0.05) is 18.2 Å². The van der Waals surface area contributed by atoms with Crippen LogP contribution in [-0.4, -0.2) is 80.6 Å². The lowest BCUT2D eigenvalue weighted by atomic mass is 10.0. The molecule has 5 heterocycles. The van der Waals surface area contributed by atoms with Crippen LogP contribution in [0.1, 0.15) is 50.4 Å². The topological polar surface area (TPSA) is 114 Å². The summed E-state index contributed by atoms with van der Waals surface area (Å²) < 4.78 is 23.5. The standard InChI is InChI=1S/C40H37N5O6S/c1-41-27-9-7-24(8-10-27)25-14-28-20-42-32-18-36(34(48-2)16-30(32)39(46)44(28)22-25)50-11-5-12-51-37-19-33-31(17-35(37)49-3)40(47)45-23-26(15-29(45)21-43-33)38-6-4-13-52-38/h4,6-10,13,16-23,28-29,41H,5,11-12,14-15H2,1-3H3/t28-,29?/m0/s1. The van der Waals surface area contributed by atoms with Crippen molar-refractivity contribution < 1.29 is 28.5 Å². The van der Waals surface area contributed by atoms with Crippen molar-refractivity contribution in [1.29, 1.82) is 0 Å². The molecule has 0 spiro atoms. The Morgan fingerprint density at radius 2 is 1.31 bits per heavy atom. The fraction of sp³-hybridized carbons (Fsp3) is 0.250. The molecule has 1 N–H and O–H groups in total. The van der Waals surface area contributed by atoms with E-state index in [9.17, 15) is 9.59 Å². The first-order valence-electron chi connectivity index (χ1n) is 17.1. The number of thiophene rings is 1. The van der Waals surface area contributed by atoms with Gasteiger partial charge in [-0.05, 0) is 52.4 Å². The van der Waals surface area contributed by atoms with E-state index in [0.29, 0.717) is 78.0 Å². The third-order valence-electron chi connectivity index (χ3n) is 9.61. The highest BCUT2D eigenvalue weighted by atomic mass is 32.1. The minimum atomic E-state index is -0.182. The van der Waals surface area contributed by atoms with Crippen LogP contribution in [0.4, 0.5) is 17.1 Å². The van der Waals surface area contributed by atoms with Gasteiger partial charge in [-0.2, -0.15) is 0 Å². The van der Waals surface area contributed by atoms with E-state index >= 15 is 0 Å². The van der Waals surface area contributed by atoms with Crippen molar-refractivity contribution in [2.45, 2.75) is 31.3 Å². The van der Waals surface area contributed by atoms with Gasteiger partial charge in [0.1, 0.15) is 0 Å². The first-order valence-corrected chi connectivity index (χ1v) is 18.0. The second-order valence-corrected chi connectivity index (χ2v) is 13.7. The Hall–Kier alpha value is -5.88. The molecule has 52 heavy (non-hydrogen) atoms. The number of anilines is 1. The van der Waals surface area contributed by atoms with Crippen LogP contribution in [0.15, 0.2) is 88.4 Å². The largest absolute Gasteiger partial charge is 0.493 e. The minimum absolute atomic E-state index is 0.125. The molecular formula is C40H37N5O6S. The maximum Gasteiger partial charge on any atom is 0.260 e. The quantitative estimate of drug-likeness (QED) is 0.159. The Labute approximate surface area is 305 Å². The molecule has 4 aliphatic heterocycles. The van der Waals surface area contributed by atoms with Gasteiger partial charge in [-0.3, -0.25) is 19.6 Å². The van der Waals surface area contributed by atoms with Gasteiger partial charge in [-0.15, -0.1) is 11.3 Å². The molecule has 2 amide bonds. The number of carbonyl (C=O) groups excluding carboxylic acids is 2. The molecule has 4 aliphatic rings. The van der Waals surface area contributed by atoms with E-state index in [2.05, 4.69) is 28.5 Å². The monoisotopic (exact) mass is 715 g/mol. The summed E-state index contributed by atoms with van der Waals surface area (Å²) in [6, 6.07) is 18.8. The second kappa shape index (κ2) is 14.0. The zero-order valence-electron chi connectivity index (χ0n) is 29.0. The zero-order chi connectivity index (χ0) is 35.8. The molecule has 2 atom stereocenters. The highest BCUT2D eigenvalue weighted by Gasteiger charge is 2.35. The predicted molar refractivity (Wildman–Crippen MR) is 203 cm³/mol. The summed E-state index contributed by atoms with van der Waals surface area (Å²) in [6.07, 6.45) is 9.44. The van der Waals surface area contributed by atoms with E-state index in [-0.39, 0.29) is 23.9 Å². The zero-order valence-corrected chi connectivity index (χ0v) is 29.8. The van der Waals surface area contributed by atoms with Crippen molar-refractivity contribution in [3.63, 3.8) is 0 Å². The number of hydrogen-bond donors (Lipinski definition) is 1.